The molecule has 1 nitrogen and oxygen atoms in total. The van der Waals surface area contributed by atoms with Crippen molar-refractivity contribution in [3.05, 3.63) is 47.3 Å². The lowest BCUT2D eigenvalue weighted by atomic mass is 9.98. The first-order chi connectivity index (χ1) is 7.71. The molecule has 0 bridgehead atoms. The van der Waals surface area contributed by atoms with Crippen molar-refractivity contribution in [2.45, 2.75) is 25.6 Å². The highest BCUT2D eigenvalue weighted by Crippen LogP contribution is 2.32. The van der Waals surface area contributed by atoms with E-state index in [1.165, 1.54) is 0 Å². The maximum Gasteiger partial charge on any atom is 0.416 e. The van der Waals surface area contributed by atoms with Gasteiger partial charge in [0, 0.05) is 11.6 Å². The third kappa shape index (κ3) is 3.56. The second kappa shape index (κ2) is 4.87. The monoisotopic (exact) mass is 247 g/mol. The number of hydrogen-bond donors (Lipinski definition) is 1. The summed E-state index contributed by atoms with van der Waals surface area (Å²) in [5.41, 5.74) is 5.30. The van der Waals surface area contributed by atoms with Crippen molar-refractivity contribution in [2.24, 2.45) is 5.73 Å². The van der Waals surface area contributed by atoms with Crippen LogP contribution in [0.25, 0.3) is 0 Å². The summed E-state index contributed by atoms with van der Waals surface area (Å²) in [6, 6.07) is 1.43. The van der Waals surface area contributed by atoms with Crippen LogP contribution >= 0.6 is 0 Å². The molecule has 0 aromatic heterocycles. The van der Waals surface area contributed by atoms with Gasteiger partial charge in [-0.1, -0.05) is 5.57 Å². The molecule has 0 saturated heterocycles. The van der Waals surface area contributed by atoms with Crippen LogP contribution in [0.2, 0.25) is 0 Å². The molecule has 0 aliphatic carbocycles. The fourth-order valence-electron chi connectivity index (χ4n) is 1.49. The van der Waals surface area contributed by atoms with Crippen LogP contribution < -0.4 is 5.73 Å². The molecule has 1 atom stereocenters. The molecule has 2 N–H and O–H groups in total. The summed E-state index contributed by atoms with van der Waals surface area (Å²) in [6.07, 6.45) is -4.25. The fourth-order valence-corrected chi connectivity index (χ4v) is 1.49. The zero-order valence-corrected chi connectivity index (χ0v) is 9.31. The third-order valence-corrected chi connectivity index (χ3v) is 2.29. The molecule has 0 unspecified atom stereocenters. The van der Waals surface area contributed by atoms with Crippen molar-refractivity contribution in [1.82, 2.24) is 0 Å². The predicted octanol–water partition coefficient (Wildman–Crippen LogP) is 3.81. The Labute approximate surface area is 96.9 Å². The molecule has 1 rings (SSSR count). The van der Waals surface area contributed by atoms with Crippen LogP contribution in [-0.2, 0) is 6.18 Å². The molecule has 0 spiro atoms. The third-order valence-electron chi connectivity index (χ3n) is 2.29. The summed E-state index contributed by atoms with van der Waals surface area (Å²) in [7, 11) is 0. The first-order valence-corrected chi connectivity index (χ1v) is 4.98. The maximum absolute atomic E-state index is 13.4. The van der Waals surface area contributed by atoms with E-state index in [2.05, 4.69) is 6.58 Å². The Morgan fingerprint density at radius 2 is 2.00 bits per heavy atom. The van der Waals surface area contributed by atoms with E-state index < -0.39 is 23.6 Å². The van der Waals surface area contributed by atoms with Gasteiger partial charge in [-0.15, -0.1) is 6.58 Å². The second-order valence-electron chi connectivity index (χ2n) is 4.00. The van der Waals surface area contributed by atoms with Crippen LogP contribution in [0.1, 0.15) is 30.5 Å². The van der Waals surface area contributed by atoms with Crippen LogP contribution in [0.5, 0.6) is 0 Å². The lowest BCUT2D eigenvalue weighted by Crippen LogP contribution is -2.14. The highest BCUT2D eigenvalue weighted by atomic mass is 19.4. The number of nitrogens with two attached hydrogens (primary N) is 1. The quantitative estimate of drug-likeness (QED) is 0.638. The van der Waals surface area contributed by atoms with Crippen molar-refractivity contribution in [3.63, 3.8) is 0 Å². The van der Waals surface area contributed by atoms with Crippen molar-refractivity contribution in [1.29, 1.82) is 0 Å². The second-order valence-corrected chi connectivity index (χ2v) is 4.00. The molecule has 17 heavy (non-hydrogen) atoms. The topological polar surface area (TPSA) is 26.0 Å². The van der Waals surface area contributed by atoms with Crippen molar-refractivity contribution >= 4 is 0 Å². The van der Waals surface area contributed by atoms with Crippen molar-refractivity contribution < 1.29 is 17.6 Å². The van der Waals surface area contributed by atoms with Gasteiger partial charge in [0.25, 0.3) is 0 Å². The lowest BCUT2D eigenvalue weighted by molar-refractivity contribution is -0.137. The molecule has 5 heteroatoms. The number of halogens is 4. The number of benzene rings is 1. The Balaban J connectivity index is 3.10. The molecule has 0 heterocycles. The first-order valence-electron chi connectivity index (χ1n) is 4.98. The highest BCUT2D eigenvalue weighted by Gasteiger charge is 2.31. The van der Waals surface area contributed by atoms with Crippen molar-refractivity contribution in [3.8, 4) is 0 Å². The maximum atomic E-state index is 13.4. The predicted molar refractivity (Wildman–Crippen MR) is 57.8 cm³/mol. The molecule has 0 fully saturated rings. The molecule has 94 valence electrons. The van der Waals surface area contributed by atoms with Gasteiger partial charge in [-0.05, 0) is 31.5 Å². The molecule has 1 aromatic carbocycles. The zero-order chi connectivity index (χ0) is 13.2. The average molecular weight is 247 g/mol. The summed E-state index contributed by atoms with van der Waals surface area (Å²) < 4.78 is 50.7. The molecule has 0 saturated carbocycles. The Morgan fingerprint density at radius 1 is 1.41 bits per heavy atom. The SMILES string of the molecule is C=C(C)C[C@@H](N)c1cc(C(F)(F)F)ccc1F. The van der Waals surface area contributed by atoms with Crippen molar-refractivity contribution in [2.75, 3.05) is 0 Å². The minimum atomic E-state index is -4.49. The van der Waals surface area contributed by atoms with E-state index in [4.69, 9.17) is 5.73 Å². The molecule has 0 amide bonds. The van der Waals surface area contributed by atoms with Gasteiger partial charge in [0.2, 0.25) is 0 Å². The van der Waals surface area contributed by atoms with Gasteiger partial charge < -0.3 is 5.73 Å². The number of hydrogen-bond acceptors (Lipinski definition) is 1. The Bertz CT molecular complexity index is 423. The van der Waals surface area contributed by atoms with Crippen LogP contribution in [0.4, 0.5) is 17.6 Å². The largest absolute Gasteiger partial charge is 0.416 e. The van der Waals surface area contributed by atoms with Gasteiger partial charge in [0.1, 0.15) is 5.82 Å². The normalized spacial score (nSPS) is 13.5. The van der Waals surface area contributed by atoms with E-state index in [0.717, 1.165) is 12.1 Å². The van der Waals surface area contributed by atoms with E-state index in [0.29, 0.717) is 11.6 Å². The molecule has 0 aliphatic heterocycles. The van der Waals surface area contributed by atoms with Crippen LogP contribution in [0, 0.1) is 5.82 Å². The average Bonchev–Trinajstić information content (AvgIpc) is 2.15. The minimum absolute atomic E-state index is 0.136. The minimum Gasteiger partial charge on any atom is -0.324 e. The molecular formula is C12H13F4N. The van der Waals surface area contributed by atoms with Crippen LogP contribution in [-0.4, -0.2) is 0 Å². The molecular weight excluding hydrogens is 234 g/mol. The summed E-state index contributed by atoms with van der Waals surface area (Å²) in [6.45, 7) is 5.28. The van der Waals surface area contributed by atoms with Gasteiger partial charge in [0.15, 0.2) is 0 Å². The zero-order valence-electron chi connectivity index (χ0n) is 9.31. The summed E-state index contributed by atoms with van der Waals surface area (Å²) >= 11 is 0. The number of alkyl halides is 3. The van der Waals surface area contributed by atoms with Gasteiger partial charge in [-0.3, -0.25) is 0 Å². The van der Waals surface area contributed by atoms with E-state index in [1.54, 1.807) is 6.92 Å². The van der Waals surface area contributed by atoms with E-state index in [1.807, 2.05) is 0 Å². The van der Waals surface area contributed by atoms with Gasteiger partial charge in [-0.2, -0.15) is 13.2 Å². The van der Waals surface area contributed by atoms with Crippen LogP contribution in [0.15, 0.2) is 30.4 Å². The Kier molecular flexibility index (Phi) is 3.93. The number of rotatable bonds is 3. The fraction of sp³-hybridized carbons (Fsp3) is 0.333. The van der Waals surface area contributed by atoms with E-state index in [9.17, 15) is 17.6 Å². The van der Waals surface area contributed by atoms with Crippen LogP contribution in [0.3, 0.4) is 0 Å². The standard InChI is InChI=1S/C12H13F4N/c1-7(2)5-11(17)9-6-8(12(14,15)16)3-4-10(9)13/h3-4,6,11H,1,5,17H2,2H3/t11-/m1/s1. The Hall–Kier alpha value is -1.36. The molecule has 0 aliphatic rings. The highest BCUT2D eigenvalue weighted by molar-refractivity contribution is 5.30. The summed E-state index contributed by atoms with van der Waals surface area (Å²) in [4.78, 5) is 0. The smallest absolute Gasteiger partial charge is 0.324 e. The molecule has 1 aromatic rings. The van der Waals surface area contributed by atoms with Gasteiger partial charge in [-0.25, -0.2) is 4.39 Å². The van der Waals surface area contributed by atoms with Gasteiger partial charge >= 0.3 is 6.18 Å². The summed E-state index contributed by atoms with van der Waals surface area (Å²) in [5.74, 6) is -0.730. The van der Waals surface area contributed by atoms with Gasteiger partial charge in [0.05, 0.1) is 5.56 Å². The Morgan fingerprint density at radius 3 is 2.47 bits per heavy atom. The van der Waals surface area contributed by atoms with E-state index >= 15 is 0 Å². The molecule has 0 radical (unpaired) electrons. The first kappa shape index (κ1) is 13.7. The summed E-state index contributed by atoms with van der Waals surface area (Å²) in [5, 5.41) is 0. The lowest BCUT2D eigenvalue weighted by Gasteiger charge is -2.15. The van der Waals surface area contributed by atoms with E-state index in [-0.39, 0.29) is 12.0 Å².